The summed E-state index contributed by atoms with van der Waals surface area (Å²) < 4.78 is 1.66. The van der Waals surface area contributed by atoms with E-state index in [1.807, 2.05) is 66.9 Å². The molecule has 0 aliphatic carbocycles. The Kier molecular flexibility index (Phi) is 13.8. The molecule has 5 nitrogen and oxygen atoms in total. The van der Waals surface area contributed by atoms with E-state index < -0.39 is 0 Å². The van der Waals surface area contributed by atoms with E-state index >= 15 is 0 Å². The number of hydrogen-bond acceptors (Lipinski definition) is 2. The topological polar surface area (TPSA) is 65.9 Å². The van der Waals surface area contributed by atoms with E-state index in [0.717, 1.165) is 27.9 Å². The lowest BCUT2D eigenvalue weighted by Gasteiger charge is -1.97. The first-order valence-corrected chi connectivity index (χ1v) is 12.4. The molecule has 0 aliphatic heterocycles. The van der Waals surface area contributed by atoms with Crippen molar-refractivity contribution in [2.24, 2.45) is 0 Å². The normalized spacial score (nSPS) is 9.88. The lowest BCUT2D eigenvalue weighted by atomic mass is 10.1. The Hall–Kier alpha value is -2.82. The molecule has 33 heavy (non-hydrogen) atoms. The van der Waals surface area contributed by atoms with Crippen molar-refractivity contribution in [3.8, 4) is 0 Å². The van der Waals surface area contributed by atoms with Crippen LogP contribution in [0.4, 0.5) is 0 Å². The van der Waals surface area contributed by atoms with Crippen molar-refractivity contribution in [1.29, 1.82) is 0 Å². The van der Waals surface area contributed by atoms with Gasteiger partial charge in [0.2, 0.25) is 0 Å². The monoisotopic (exact) mass is 454 g/mol. The first-order chi connectivity index (χ1) is 15.7. The highest BCUT2D eigenvalue weighted by Crippen LogP contribution is 2.19. The molecule has 0 amide bonds. The van der Waals surface area contributed by atoms with Crippen LogP contribution in [0.1, 0.15) is 104 Å². The molecule has 4 aromatic rings. The fourth-order valence-electron chi connectivity index (χ4n) is 3.00. The summed E-state index contributed by atoms with van der Waals surface area (Å²) >= 11 is 0. The maximum absolute atomic E-state index is 11.6. The number of nitrogens with zero attached hydrogens (tertiary/aromatic N) is 2. The number of H-pyrrole nitrogens is 2. The summed E-state index contributed by atoms with van der Waals surface area (Å²) in [6.45, 7) is 24.5. The van der Waals surface area contributed by atoms with Crippen LogP contribution in [0, 0.1) is 13.8 Å². The Morgan fingerprint density at radius 2 is 1.33 bits per heavy atom. The Balaban J connectivity index is 0.000000508. The molecule has 0 bridgehead atoms. The SMILES string of the molecule is CC.CC.CC.Cc1cc(=O)n2cc(C(C)C)[nH]c2c1.Cc1cnc2cc(C(C)C)[nH]c2c1. The highest BCUT2D eigenvalue weighted by Gasteiger charge is 2.06. The zero-order valence-electron chi connectivity index (χ0n) is 22.9. The molecule has 0 aromatic carbocycles. The van der Waals surface area contributed by atoms with Crippen LogP contribution in [0.2, 0.25) is 0 Å². The van der Waals surface area contributed by atoms with Crippen LogP contribution in [-0.4, -0.2) is 19.4 Å². The first-order valence-electron chi connectivity index (χ1n) is 12.4. The molecular weight excluding hydrogens is 408 g/mol. The van der Waals surface area contributed by atoms with Crippen LogP contribution in [0.3, 0.4) is 0 Å². The Morgan fingerprint density at radius 1 is 0.758 bits per heavy atom. The molecule has 5 heteroatoms. The van der Waals surface area contributed by atoms with Gasteiger partial charge in [-0.05, 0) is 55.0 Å². The molecule has 0 aliphatic rings. The third-order valence-corrected chi connectivity index (χ3v) is 4.62. The second kappa shape index (κ2) is 15.1. The number of aromatic nitrogens is 4. The minimum atomic E-state index is 0.0307. The fourth-order valence-corrected chi connectivity index (χ4v) is 3.00. The highest BCUT2D eigenvalue weighted by atomic mass is 16.1. The Morgan fingerprint density at radius 3 is 1.88 bits per heavy atom. The standard InChI is InChI=1S/C11H14N2O.C11H14N2.3C2H6/c1-7(2)9-6-13-10(12-9)4-8(3)5-11(13)14;1-7(2)9-5-10-11(13-9)4-8(3)6-12-10;3*1-2/h4-7,12H,1-3H3;4-7,13H,1-3H3;3*1-2H3. The number of nitrogens with one attached hydrogen (secondary N) is 2. The number of aryl methyl sites for hydroxylation is 2. The molecule has 0 fully saturated rings. The Labute approximate surface area is 200 Å². The second-order valence-corrected chi connectivity index (χ2v) is 7.82. The van der Waals surface area contributed by atoms with E-state index in [0.29, 0.717) is 11.8 Å². The van der Waals surface area contributed by atoms with Gasteiger partial charge in [0.25, 0.3) is 5.56 Å². The molecule has 4 aromatic heterocycles. The third kappa shape index (κ3) is 8.56. The zero-order chi connectivity index (χ0) is 25.7. The van der Waals surface area contributed by atoms with Gasteiger partial charge in [-0.15, -0.1) is 0 Å². The first kappa shape index (κ1) is 30.2. The van der Waals surface area contributed by atoms with Crippen molar-refractivity contribution in [3.63, 3.8) is 0 Å². The summed E-state index contributed by atoms with van der Waals surface area (Å²) in [5, 5.41) is 0. The number of fused-ring (bicyclic) bond motifs is 2. The smallest absolute Gasteiger partial charge is 0.256 e. The molecule has 4 rings (SSSR count). The molecule has 0 saturated carbocycles. The number of pyridine rings is 2. The van der Waals surface area contributed by atoms with E-state index in [1.54, 1.807) is 10.5 Å². The molecule has 4 heterocycles. The van der Waals surface area contributed by atoms with Gasteiger partial charge in [0.15, 0.2) is 0 Å². The summed E-state index contributed by atoms with van der Waals surface area (Å²) in [7, 11) is 0. The Bertz CT molecular complexity index is 1130. The molecule has 0 spiro atoms. The predicted molar refractivity (Wildman–Crippen MR) is 146 cm³/mol. The summed E-state index contributed by atoms with van der Waals surface area (Å²) in [4.78, 5) is 22.5. The molecule has 0 unspecified atom stereocenters. The van der Waals surface area contributed by atoms with Gasteiger partial charge in [-0.2, -0.15) is 0 Å². The third-order valence-electron chi connectivity index (χ3n) is 4.62. The summed E-state index contributed by atoms with van der Waals surface area (Å²) in [5.41, 5.74) is 7.65. The van der Waals surface area contributed by atoms with Crippen LogP contribution >= 0.6 is 0 Å². The maximum atomic E-state index is 11.6. The van der Waals surface area contributed by atoms with Gasteiger partial charge in [-0.25, -0.2) is 0 Å². The van der Waals surface area contributed by atoms with E-state index in [-0.39, 0.29) is 5.56 Å². The van der Waals surface area contributed by atoms with Crippen molar-refractivity contribution < 1.29 is 0 Å². The average molecular weight is 455 g/mol. The van der Waals surface area contributed by atoms with Crippen LogP contribution in [0.15, 0.2) is 41.5 Å². The van der Waals surface area contributed by atoms with Crippen molar-refractivity contribution in [1.82, 2.24) is 19.4 Å². The lowest BCUT2D eigenvalue weighted by molar-refractivity contribution is 0.833. The van der Waals surface area contributed by atoms with Crippen molar-refractivity contribution in [3.05, 3.63) is 69.5 Å². The van der Waals surface area contributed by atoms with Crippen LogP contribution < -0.4 is 5.56 Å². The van der Waals surface area contributed by atoms with Crippen LogP contribution in [-0.2, 0) is 0 Å². The number of imidazole rings is 1. The highest BCUT2D eigenvalue weighted by molar-refractivity contribution is 5.76. The number of hydrogen-bond donors (Lipinski definition) is 2. The second-order valence-electron chi connectivity index (χ2n) is 7.82. The molecule has 184 valence electrons. The molecule has 0 saturated heterocycles. The van der Waals surface area contributed by atoms with Gasteiger partial charge >= 0.3 is 0 Å². The maximum Gasteiger partial charge on any atom is 0.256 e. The van der Waals surface area contributed by atoms with E-state index in [4.69, 9.17) is 0 Å². The quantitative estimate of drug-likeness (QED) is 0.321. The predicted octanol–water partition coefficient (Wildman–Crippen LogP) is 8.13. The lowest BCUT2D eigenvalue weighted by Crippen LogP contribution is -2.10. The molecular formula is C28H46N4O. The van der Waals surface area contributed by atoms with Crippen LogP contribution in [0.25, 0.3) is 16.7 Å². The number of rotatable bonds is 2. The summed E-state index contributed by atoms with van der Waals surface area (Å²) in [5.74, 6) is 0.948. The van der Waals surface area contributed by atoms with Gasteiger partial charge in [0, 0.05) is 29.8 Å². The van der Waals surface area contributed by atoms with Gasteiger partial charge in [-0.1, -0.05) is 69.2 Å². The van der Waals surface area contributed by atoms with Crippen LogP contribution in [0.5, 0.6) is 0 Å². The van der Waals surface area contributed by atoms with Gasteiger partial charge < -0.3 is 9.97 Å². The minimum absolute atomic E-state index is 0.0307. The number of aromatic amines is 2. The average Bonchev–Trinajstić information content (AvgIpc) is 3.43. The van der Waals surface area contributed by atoms with E-state index in [9.17, 15) is 4.79 Å². The van der Waals surface area contributed by atoms with Gasteiger partial charge in [-0.3, -0.25) is 14.2 Å². The fraction of sp³-hybridized carbons (Fsp3) is 0.500. The van der Waals surface area contributed by atoms with Gasteiger partial charge in [0.1, 0.15) is 5.65 Å². The molecule has 0 radical (unpaired) electrons. The largest absolute Gasteiger partial charge is 0.357 e. The van der Waals surface area contributed by atoms with Crippen molar-refractivity contribution in [2.75, 3.05) is 0 Å². The minimum Gasteiger partial charge on any atom is -0.357 e. The molecule has 0 atom stereocenters. The van der Waals surface area contributed by atoms with Crippen molar-refractivity contribution in [2.45, 2.75) is 94.9 Å². The van der Waals surface area contributed by atoms with Gasteiger partial charge in [0.05, 0.1) is 11.0 Å². The summed E-state index contributed by atoms with van der Waals surface area (Å²) in [6.07, 6.45) is 3.78. The van der Waals surface area contributed by atoms with E-state index in [1.165, 1.54) is 11.3 Å². The van der Waals surface area contributed by atoms with Crippen molar-refractivity contribution >= 4 is 16.7 Å². The zero-order valence-corrected chi connectivity index (χ0v) is 22.9. The summed E-state index contributed by atoms with van der Waals surface area (Å²) in [6, 6.07) is 7.88. The molecule has 2 N–H and O–H groups in total. The van der Waals surface area contributed by atoms with E-state index in [2.05, 4.69) is 61.7 Å².